The highest BCUT2D eigenvalue weighted by Gasteiger charge is 2.06. The van der Waals surface area contributed by atoms with E-state index in [0.717, 1.165) is 16.7 Å². The third kappa shape index (κ3) is 2.70. The lowest BCUT2D eigenvalue weighted by Gasteiger charge is -2.08. The number of benzene rings is 2. The largest absolute Gasteiger partial charge is 0.295 e. The Morgan fingerprint density at radius 2 is 1.65 bits per heavy atom. The van der Waals surface area contributed by atoms with Crippen LogP contribution in [0.5, 0.6) is 0 Å². The maximum atomic E-state index is 11.4. The Balaban J connectivity index is 2.41. The second kappa shape index (κ2) is 5.26. The molecule has 0 fully saturated rings. The van der Waals surface area contributed by atoms with E-state index in [1.54, 1.807) is 0 Å². The lowest BCUT2D eigenvalue weighted by molar-refractivity contribution is -0.114. The Hall–Kier alpha value is -2.15. The molecule has 0 spiro atoms. The van der Waals surface area contributed by atoms with Crippen molar-refractivity contribution in [3.05, 3.63) is 72.8 Å². The van der Waals surface area contributed by atoms with E-state index in [4.69, 9.17) is 0 Å². The van der Waals surface area contributed by atoms with Gasteiger partial charge in [-0.3, -0.25) is 4.79 Å². The molecule has 0 bridgehead atoms. The van der Waals surface area contributed by atoms with E-state index >= 15 is 0 Å². The summed E-state index contributed by atoms with van der Waals surface area (Å²) < 4.78 is 0. The summed E-state index contributed by atoms with van der Waals surface area (Å²) in [5.74, 6) is 0.0494. The molecule has 0 N–H and O–H groups in total. The molecule has 84 valence electrons. The fraction of sp³-hybridized carbons (Fsp3) is 0.0625. The number of rotatable bonds is 4. The van der Waals surface area contributed by atoms with Gasteiger partial charge in [0.1, 0.15) is 0 Å². The Morgan fingerprint density at radius 1 is 1.00 bits per heavy atom. The highest BCUT2D eigenvalue weighted by molar-refractivity contribution is 5.92. The molecule has 0 saturated carbocycles. The van der Waals surface area contributed by atoms with Crippen LogP contribution in [0, 0.1) is 0 Å². The van der Waals surface area contributed by atoms with Crippen LogP contribution in [-0.4, -0.2) is 5.78 Å². The lowest BCUT2D eigenvalue weighted by Crippen LogP contribution is -1.99. The molecule has 2 rings (SSSR count). The Morgan fingerprint density at radius 3 is 2.35 bits per heavy atom. The van der Waals surface area contributed by atoms with Gasteiger partial charge < -0.3 is 0 Å². The van der Waals surface area contributed by atoms with E-state index in [0.29, 0.717) is 6.42 Å². The van der Waals surface area contributed by atoms with Gasteiger partial charge >= 0.3 is 0 Å². The van der Waals surface area contributed by atoms with Crippen LogP contribution in [0.3, 0.4) is 0 Å². The molecule has 0 aliphatic rings. The van der Waals surface area contributed by atoms with Gasteiger partial charge in [-0.05, 0) is 22.8 Å². The quantitative estimate of drug-likeness (QED) is 0.722. The lowest BCUT2D eigenvalue weighted by atomic mass is 9.96. The van der Waals surface area contributed by atoms with E-state index in [-0.39, 0.29) is 5.78 Å². The number of hydrogen-bond donors (Lipinski definition) is 0. The standard InChI is InChI=1S/C16H14O/c1-2-15(17)12-14-10-6-7-11-16(14)13-8-4-3-5-9-13/h2-11H,1,12H2. The first-order valence-corrected chi connectivity index (χ1v) is 5.60. The van der Waals surface area contributed by atoms with Crippen LogP contribution in [0.1, 0.15) is 5.56 Å². The summed E-state index contributed by atoms with van der Waals surface area (Å²) in [4.78, 5) is 11.4. The molecule has 0 aromatic heterocycles. The summed E-state index contributed by atoms with van der Waals surface area (Å²) >= 11 is 0. The van der Waals surface area contributed by atoms with Gasteiger partial charge in [0, 0.05) is 6.42 Å². The average molecular weight is 222 g/mol. The minimum absolute atomic E-state index is 0.0494. The average Bonchev–Trinajstić information content (AvgIpc) is 2.40. The molecule has 1 heteroatoms. The Bertz CT molecular complexity index is 526. The second-order valence-corrected chi connectivity index (χ2v) is 3.87. The zero-order valence-corrected chi connectivity index (χ0v) is 9.60. The molecule has 0 unspecified atom stereocenters. The van der Waals surface area contributed by atoms with Gasteiger partial charge in [0.25, 0.3) is 0 Å². The van der Waals surface area contributed by atoms with Gasteiger partial charge in [-0.2, -0.15) is 0 Å². The van der Waals surface area contributed by atoms with Gasteiger partial charge in [-0.15, -0.1) is 0 Å². The summed E-state index contributed by atoms with van der Waals surface area (Å²) in [5.41, 5.74) is 3.30. The van der Waals surface area contributed by atoms with Gasteiger partial charge in [-0.1, -0.05) is 61.2 Å². The minimum Gasteiger partial charge on any atom is -0.295 e. The summed E-state index contributed by atoms with van der Waals surface area (Å²) in [6, 6.07) is 18.1. The van der Waals surface area contributed by atoms with Crippen molar-refractivity contribution in [1.29, 1.82) is 0 Å². The molecule has 0 heterocycles. The number of allylic oxidation sites excluding steroid dienone is 1. The zero-order valence-electron chi connectivity index (χ0n) is 9.60. The van der Waals surface area contributed by atoms with Crippen LogP contribution < -0.4 is 0 Å². The maximum Gasteiger partial charge on any atom is 0.159 e. The third-order valence-electron chi connectivity index (χ3n) is 2.69. The molecule has 2 aromatic rings. The first-order valence-electron chi connectivity index (χ1n) is 5.60. The molecule has 0 aliphatic heterocycles. The molecular formula is C16H14O. The van der Waals surface area contributed by atoms with Gasteiger partial charge in [-0.25, -0.2) is 0 Å². The Labute approximate surface area is 101 Å². The zero-order chi connectivity index (χ0) is 12.1. The summed E-state index contributed by atoms with van der Waals surface area (Å²) in [6.45, 7) is 3.51. The van der Waals surface area contributed by atoms with Crippen LogP contribution >= 0.6 is 0 Å². The summed E-state index contributed by atoms with van der Waals surface area (Å²) in [5, 5.41) is 0. The van der Waals surface area contributed by atoms with E-state index in [1.807, 2.05) is 42.5 Å². The third-order valence-corrected chi connectivity index (χ3v) is 2.69. The maximum absolute atomic E-state index is 11.4. The first kappa shape index (κ1) is 11.3. The van der Waals surface area contributed by atoms with Crippen molar-refractivity contribution < 1.29 is 4.79 Å². The molecule has 1 nitrogen and oxygen atoms in total. The predicted octanol–water partition coefficient (Wildman–Crippen LogP) is 3.65. The predicted molar refractivity (Wildman–Crippen MR) is 70.8 cm³/mol. The van der Waals surface area contributed by atoms with Crippen molar-refractivity contribution in [1.82, 2.24) is 0 Å². The number of carbonyl (C=O) groups excluding carboxylic acids is 1. The monoisotopic (exact) mass is 222 g/mol. The van der Waals surface area contributed by atoms with Crippen LogP contribution in [-0.2, 0) is 11.2 Å². The van der Waals surface area contributed by atoms with Crippen LogP contribution in [0.2, 0.25) is 0 Å². The van der Waals surface area contributed by atoms with Gasteiger partial charge in [0.05, 0.1) is 0 Å². The van der Waals surface area contributed by atoms with Crippen molar-refractivity contribution in [2.45, 2.75) is 6.42 Å². The molecule has 0 atom stereocenters. The van der Waals surface area contributed by atoms with Crippen molar-refractivity contribution in [3.8, 4) is 11.1 Å². The molecule has 2 aromatic carbocycles. The summed E-state index contributed by atoms with van der Waals surface area (Å²) in [7, 11) is 0. The molecule has 17 heavy (non-hydrogen) atoms. The van der Waals surface area contributed by atoms with E-state index < -0.39 is 0 Å². The van der Waals surface area contributed by atoms with E-state index in [1.165, 1.54) is 6.08 Å². The number of carbonyl (C=O) groups is 1. The van der Waals surface area contributed by atoms with Gasteiger partial charge in [0.15, 0.2) is 5.78 Å². The normalized spacial score (nSPS) is 9.88. The fourth-order valence-corrected chi connectivity index (χ4v) is 1.83. The van der Waals surface area contributed by atoms with Crippen LogP contribution in [0.15, 0.2) is 67.3 Å². The fourth-order valence-electron chi connectivity index (χ4n) is 1.83. The minimum atomic E-state index is 0.0494. The molecule has 0 aliphatic carbocycles. The van der Waals surface area contributed by atoms with Crippen molar-refractivity contribution >= 4 is 5.78 Å². The molecule has 0 saturated heterocycles. The highest BCUT2D eigenvalue weighted by atomic mass is 16.1. The highest BCUT2D eigenvalue weighted by Crippen LogP contribution is 2.23. The van der Waals surface area contributed by atoms with Crippen molar-refractivity contribution in [2.24, 2.45) is 0 Å². The van der Waals surface area contributed by atoms with E-state index in [2.05, 4.69) is 18.7 Å². The molecule has 0 amide bonds. The SMILES string of the molecule is C=CC(=O)Cc1ccccc1-c1ccccc1. The second-order valence-electron chi connectivity index (χ2n) is 3.87. The number of ketones is 1. The molecular weight excluding hydrogens is 208 g/mol. The number of hydrogen-bond acceptors (Lipinski definition) is 1. The topological polar surface area (TPSA) is 17.1 Å². The van der Waals surface area contributed by atoms with Crippen LogP contribution in [0.4, 0.5) is 0 Å². The van der Waals surface area contributed by atoms with Crippen LogP contribution in [0.25, 0.3) is 11.1 Å². The van der Waals surface area contributed by atoms with Crippen molar-refractivity contribution in [2.75, 3.05) is 0 Å². The molecule has 0 radical (unpaired) electrons. The first-order chi connectivity index (χ1) is 8.31. The Kier molecular flexibility index (Phi) is 3.51. The van der Waals surface area contributed by atoms with E-state index in [9.17, 15) is 4.79 Å². The summed E-state index contributed by atoms with van der Waals surface area (Å²) in [6.07, 6.45) is 1.79. The smallest absolute Gasteiger partial charge is 0.159 e. The van der Waals surface area contributed by atoms with Gasteiger partial charge in [0.2, 0.25) is 0 Å². The van der Waals surface area contributed by atoms with Crippen molar-refractivity contribution in [3.63, 3.8) is 0 Å².